The van der Waals surface area contributed by atoms with Crippen LogP contribution in [-0.4, -0.2) is 76.0 Å². The van der Waals surface area contributed by atoms with Crippen LogP contribution in [0.3, 0.4) is 0 Å². The molecule has 0 bridgehead atoms. The van der Waals surface area contributed by atoms with E-state index in [-0.39, 0.29) is 41.0 Å². The van der Waals surface area contributed by atoms with Crippen molar-refractivity contribution in [2.45, 2.75) is 32.0 Å². The largest absolute Gasteiger partial charge is 0.472 e. The second-order valence-corrected chi connectivity index (χ2v) is 12.2. The first-order chi connectivity index (χ1) is 22.9. The molecule has 1 amide bonds. The average Bonchev–Trinajstić information content (AvgIpc) is 3.11. The van der Waals surface area contributed by atoms with Crippen molar-refractivity contribution in [2.75, 3.05) is 51.7 Å². The molecule has 0 aromatic heterocycles. The molecule has 0 aliphatic carbocycles. The van der Waals surface area contributed by atoms with Crippen molar-refractivity contribution >= 4 is 52.6 Å². The summed E-state index contributed by atoms with van der Waals surface area (Å²) in [7, 11) is 1.38. The van der Waals surface area contributed by atoms with Crippen molar-refractivity contribution in [3.63, 3.8) is 0 Å². The maximum absolute atomic E-state index is 13.8. The summed E-state index contributed by atoms with van der Waals surface area (Å²) in [5.74, 6) is -0.0923. The average molecular weight is 680 g/mol. The lowest BCUT2D eigenvalue weighted by Crippen LogP contribution is -2.37. The number of aliphatic imine (C=N–C) groups is 1. The Morgan fingerprint density at radius 1 is 1.04 bits per heavy atom. The third-order valence-electron chi connectivity index (χ3n) is 8.48. The number of esters is 1. The lowest BCUT2D eigenvalue weighted by atomic mass is 9.97. The molecule has 3 aliphatic rings. The number of halogens is 2. The Labute approximate surface area is 283 Å². The van der Waals surface area contributed by atoms with Gasteiger partial charge in [0.05, 0.1) is 53.7 Å². The van der Waals surface area contributed by atoms with Crippen LogP contribution in [0.1, 0.15) is 51.1 Å². The standard InChI is InChI=1S/C35H36Cl2N4O6/c1-44-35(43)27-9-8-22(17-30(27)40-10-13-45-14-11-40)26-6-4-5-23-20-41(21-47-33(23)26)34(42)32-28(36)15-24(16-29(32)37)25(18-38)19-39-31-7-2-3-12-46-31/h4-6,8-9,15-19,31H,2-3,7,10-14,20-21,38H2,1H3. The fraction of sp³-hybridized carbons (Fsp3) is 0.343. The molecule has 0 radical (unpaired) electrons. The minimum atomic E-state index is -0.402. The number of methoxy groups -OCH3 is 1. The van der Waals surface area contributed by atoms with Crippen LogP contribution in [0.25, 0.3) is 16.7 Å². The summed E-state index contributed by atoms with van der Waals surface area (Å²) in [6.07, 6.45) is 5.81. The summed E-state index contributed by atoms with van der Waals surface area (Å²) in [4.78, 5) is 34.6. The normalized spacial score (nSPS) is 18.5. The number of rotatable bonds is 7. The van der Waals surface area contributed by atoms with Gasteiger partial charge in [0.2, 0.25) is 0 Å². The molecular weight excluding hydrogens is 643 g/mol. The topological polar surface area (TPSA) is 116 Å². The van der Waals surface area contributed by atoms with Crippen molar-refractivity contribution in [1.82, 2.24) is 4.90 Å². The lowest BCUT2D eigenvalue weighted by molar-refractivity contribution is 0.0227. The Morgan fingerprint density at radius 2 is 1.83 bits per heavy atom. The molecule has 3 aromatic carbocycles. The molecule has 2 saturated heterocycles. The molecule has 3 heterocycles. The third kappa shape index (κ3) is 7.11. The van der Waals surface area contributed by atoms with E-state index in [1.165, 1.54) is 13.3 Å². The number of para-hydroxylation sites is 1. The zero-order chi connectivity index (χ0) is 32.9. The lowest BCUT2D eigenvalue weighted by Gasteiger charge is -2.32. The van der Waals surface area contributed by atoms with E-state index in [0.29, 0.717) is 55.4 Å². The van der Waals surface area contributed by atoms with Crippen LogP contribution in [0.15, 0.2) is 59.7 Å². The zero-order valence-corrected chi connectivity index (χ0v) is 27.6. The molecule has 0 spiro atoms. The molecule has 2 N–H and O–H groups in total. The molecular formula is C35H36Cl2N4O6. The van der Waals surface area contributed by atoms with Gasteiger partial charge in [-0.25, -0.2) is 4.79 Å². The summed E-state index contributed by atoms with van der Waals surface area (Å²) < 4.78 is 22.5. The number of anilines is 1. The van der Waals surface area contributed by atoms with E-state index >= 15 is 0 Å². The fourth-order valence-electron chi connectivity index (χ4n) is 6.00. The molecule has 3 aromatic rings. The molecule has 2 fully saturated rings. The van der Waals surface area contributed by atoms with E-state index in [0.717, 1.165) is 41.6 Å². The van der Waals surface area contributed by atoms with E-state index in [9.17, 15) is 9.59 Å². The molecule has 1 unspecified atom stereocenters. The van der Waals surface area contributed by atoms with Crippen LogP contribution >= 0.6 is 23.2 Å². The zero-order valence-electron chi connectivity index (χ0n) is 26.0. The van der Waals surface area contributed by atoms with Crippen molar-refractivity contribution in [3.8, 4) is 16.9 Å². The van der Waals surface area contributed by atoms with Gasteiger partial charge < -0.3 is 34.5 Å². The number of hydrogen-bond acceptors (Lipinski definition) is 9. The summed E-state index contributed by atoms with van der Waals surface area (Å²) in [6.45, 7) is 3.43. The number of carbonyl (C=O) groups excluding carboxylic acids is 2. The highest BCUT2D eigenvalue weighted by molar-refractivity contribution is 6.40. The Hall–Kier alpha value is -4.09. The van der Waals surface area contributed by atoms with Crippen molar-refractivity contribution < 1.29 is 28.5 Å². The maximum atomic E-state index is 13.8. The number of morpholine rings is 1. The summed E-state index contributed by atoms with van der Waals surface area (Å²) in [6, 6.07) is 14.8. The van der Waals surface area contributed by atoms with Crippen molar-refractivity contribution in [3.05, 3.63) is 87.0 Å². The van der Waals surface area contributed by atoms with Gasteiger partial charge in [-0.3, -0.25) is 9.79 Å². The summed E-state index contributed by atoms with van der Waals surface area (Å²) >= 11 is 13.3. The van der Waals surface area contributed by atoms with Crippen LogP contribution in [0.4, 0.5) is 5.69 Å². The second-order valence-electron chi connectivity index (χ2n) is 11.4. The van der Waals surface area contributed by atoms with Crippen LogP contribution in [0, 0.1) is 0 Å². The number of benzene rings is 3. The monoisotopic (exact) mass is 678 g/mol. The minimum Gasteiger partial charge on any atom is -0.472 e. The number of carbonyl (C=O) groups is 2. The first kappa shape index (κ1) is 32.8. The van der Waals surface area contributed by atoms with E-state index in [1.54, 1.807) is 29.3 Å². The van der Waals surface area contributed by atoms with Crippen LogP contribution in [0.2, 0.25) is 10.0 Å². The molecule has 12 heteroatoms. The molecule has 0 saturated carbocycles. The molecule has 47 heavy (non-hydrogen) atoms. The van der Waals surface area contributed by atoms with Gasteiger partial charge in [0.1, 0.15) is 12.0 Å². The van der Waals surface area contributed by atoms with Gasteiger partial charge in [0.15, 0.2) is 6.73 Å². The van der Waals surface area contributed by atoms with E-state index in [2.05, 4.69) is 9.89 Å². The Morgan fingerprint density at radius 3 is 2.53 bits per heavy atom. The van der Waals surface area contributed by atoms with Gasteiger partial charge in [0, 0.05) is 48.8 Å². The molecule has 3 aliphatic heterocycles. The van der Waals surface area contributed by atoms with E-state index < -0.39 is 5.97 Å². The van der Waals surface area contributed by atoms with E-state index in [4.69, 9.17) is 47.9 Å². The number of amides is 1. The molecule has 6 rings (SSSR count). The Kier molecular flexibility index (Phi) is 10.3. The molecule has 1 atom stereocenters. The third-order valence-corrected chi connectivity index (χ3v) is 9.08. The van der Waals surface area contributed by atoms with Crippen LogP contribution in [-0.2, 0) is 20.8 Å². The summed E-state index contributed by atoms with van der Waals surface area (Å²) in [5.41, 5.74) is 11.1. The Bertz CT molecular complexity index is 1690. The predicted molar refractivity (Wildman–Crippen MR) is 182 cm³/mol. The van der Waals surface area contributed by atoms with Gasteiger partial charge in [-0.05, 0) is 54.7 Å². The molecule has 246 valence electrons. The SMILES string of the molecule is COC(=O)c1ccc(-c2cccc3c2OCN(C(=O)c2c(Cl)cc(C(C=NC4CCCCO4)=CN)cc2Cl)C3)cc1N1CCOCC1. The smallest absolute Gasteiger partial charge is 0.339 e. The number of nitrogens with two attached hydrogens (primary N) is 1. The van der Waals surface area contributed by atoms with Gasteiger partial charge in [0.25, 0.3) is 5.91 Å². The number of fused-ring (bicyclic) bond motifs is 1. The number of allylic oxidation sites excluding steroid dienone is 1. The highest BCUT2D eigenvalue weighted by atomic mass is 35.5. The van der Waals surface area contributed by atoms with Gasteiger partial charge in [-0.15, -0.1) is 0 Å². The van der Waals surface area contributed by atoms with Gasteiger partial charge in [-0.1, -0.05) is 47.5 Å². The Balaban J connectivity index is 1.23. The number of ether oxygens (including phenoxy) is 4. The first-order valence-corrected chi connectivity index (χ1v) is 16.3. The van der Waals surface area contributed by atoms with Gasteiger partial charge in [-0.2, -0.15) is 0 Å². The molecule has 10 nitrogen and oxygen atoms in total. The number of nitrogens with zero attached hydrogens (tertiary/aromatic N) is 3. The highest BCUT2D eigenvalue weighted by Gasteiger charge is 2.29. The first-order valence-electron chi connectivity index (χ1n) is 15.5. The predicted octanol–water partition coefficient (Wildman–Crippen LogP) is 6.17. The van der Waals surface area contributed by atoms with Crippen LogP contribution in [0.5, 0.6) is 5.75 Å². The fourth-order valence-corrected chi connectivity index (χ4v) is 6.65. The van der Waals surface area contributed by atoms with Crippen LogP contribution < -0.4 is 15.4 Å². The highest BCUT2D eigenvalue weighted by Crippen LogP contribution is 2.40. The second kappa shape index (κ2) is 14.8. The maximum Gasteiger partial charge on any atom is 0.339 e. The summed E-state index contributed by atoms with van der Waals surface area (Å²) in [5, 5.41) is 0.389. The van der Waals surface area contributed by atoms with Gasteiger partial charge >= 0.3 is 5.97 Å². The van der Waals surface area contributed by atoms with Crippen molar-refractivity contribution in [2.24, 2.45) is 10.7 Å². The minimum absolute atomic E-state index is 0.00415. The van der Waals surface area contributed by atoms with Crippen molar-refractivity contribution in [1.29, 1.82) is 0 Å². The van der Waals surface area contributed by atoms with E-state index in [1.807, 2.05) is 30.3 Å². The quantitative estimate of drug-likeness (QED) is 0.233. The number of hydrogen-bond donors (Lipinski definition) is 1.